The van der Waals surface area contributed by atoms with Gasteiger partial charge in [-0.05, 0) is 30.7 Å². The maximum atomic E-state index is 13.3. The van der Waals surface area contributed by atoms with Crippen molar-refractivity contribution in [3.8, 4) is 11.3 Å². The fraction of sp³-hybridized carbons (Fsp3) is 0.250. The Morgan fingerprint density at radius 1 is 1.10 bits per heavy atom. The molecule has 3 aromatic rings. The zero-order chi connectivity index (χ0) is 20.6. The molecule has 2 aromatic carbocycles. The zero-order valence-corrected chi connectivity index (χ0v) is 18.1. The van der Waals surface area contributed by atoms with Gasteiger partial charge in [0.2, 0.25) is 10.0 Å². The van der Waals surface area contributed by atoms with Crippen LogP contribution in [0.2, 0.25) is 5.02 Å². The van der Waals surface area contributed by atoms with Crippen LogP contribution in [0.1, 0.15) is 5.56 Å². The van der Waals surface area contributed by atoms with E-state index in [0.29, 0.717) is 26.2 Å². The SMILES string of the molecule is Cc1ccccc1-c1csc(N2CCN(S(=O)(=O)c3ccc(F)cc3Cl)CC2)n1. The van der Waals surface area contributed by atoms with E-state index in [0.717, 1.165) is 34.1 Å². The molecule has 152 valence electrons. The van der Waals surface area contributed by atoms with Gasteiger partial charge in [0.05, 0.1) is 10.7 Å². The number of thiazole rings is 1. The van der Waals surface area contributed by atoms with Crippen LogP contribution < -0.4 is 4.90 Å². The van der Waals surface area contributed by atoms with E-state index in [2.05, 4.69) is 17.9 Å². The second-order valence-corrected chi connectivity index (χ2v) is 9.95. The van der Waals surface area contributed by atoms with Crippen molar-refractivity contribution < 1.29 is 12.8 Å². The fourth-order valence-corrected chi connectivity index (χ4v) is 6.14. The highest BCUT2D eigenvalue weighted by Gasteiger charge is 2.31. The van der Waals surface area contributed by atoms with Gasteiger partial charge in [0, 0.05) is 37.1 Å². The van der Waals surface area contributed by atoms with Crippen molar-refractivity contribution in [2.75, 3.05) is 31.1 Å². The number of hydrogen-bond acceptors (Lipinski definition) is 5. The molecule has 0 radical (unpaired) electrons. The van der Waals surface area contributed by atoms with E-state index in [-0.39, 0.29) is 9.92 Å². The van der Waals surface area contributed by atoms with Crippen LogP contribution in [0.15, 0.2) is 52.7 Å². The van der Waals surface area contributed by atoms with Crippen LogP contribution in [-0.2, 0) is 10.0 Å². The first-order valence-corrected chi connectivity index (χ1v) is 11.8. The molecule has 1 aliphatic rings. The maximum absolute atomic E-state index is 13.3. The van der Waals surface area contributed by atoms with Crippen LogP contribution in [0.3, 0.4) is 0 Å². The molecule has 9 heteroatoms. The van der Waals surface area contributed by atoms with Crippen LogP contribution in [-0.4, -0.2) is 43.9 Å². The largest absolute Gasteiger partial charge is 0.345 e. The standard InChI is InChI=1S/C20H19ClFN3O2S2/c1-14-4-2-3-5-16(14)18-13-28-20(23-18)24-8-10-25(11-9-24)29(26,27)19-7-6-15(22)12-17(19)21/h2-7,12-13H,8-11H2,1H3. The van der Waals surface area contributed by atoms with E-state index in [1.807, 2.05) is 23.6 Å². The first kappa shape index (κ1) is 20.3. The van der Waals surface area contributed by atoms with E-state index >= 15 is 0 Å². The summed E-state index contributed by atoms with van der Waals surface area (Å²) in [5.41, 5.74) is 3.19. The predicted octanol–water partition coefficient (Wildman–Crippen LogP) is 4.42. The van der Waals surface area contributed by atoms with Gasteiger partial charge in [0.25, 0.3) is 0 Å². The molecule has 0 amide bonds. The predicted molar refractivity (Wildman–Crippen MR) is 115 cm³/mol. The third-order valence-electron chi connectivity index (χ3n) is 4.93. The number of benzene rings is 2. The Kier molecular flexibility index (Phi) is 5.61. The number of rotatable bonds is 4. The van der Waals surface area contributed by atoms with Crippen LogP contribution in [0.25, 0.3) is 11.3 Å². The summed E-state index contributed by atoms with van der Waals surface area (Å²) in [7, 11) is -3.77. The number of sulfonamides is 1. The average Bonchev–Trinajstić information content (AvgIpc) is 3.18. The lowest BCUT2D eigenvalue weighted by Crippen LogP contribution is -2.48. The van der Waals surface area contributed by atoms with Gasteiger partial charge < -0.3 is 4.90 Å². The third kappa shape index (κ3) is 4.02. The van der Waals surface area contributed by atoms with Gasteiger partial charge in [-0.3, -0.25) is 0 Å². The normalized spacial score (nSPS) is 15.6. The quantitative estimate of drug-likeness (QED) is 0.589. The Morgan fingerprint density at radius 2 is 1.83 bits per heavy atom. The lowest BCUT2D eigenvalue weighted by molar-refractivity contribution is 0.384. The molecule has 0 aliphatic carbocycles. The summed E-state index contributed by atoms with van der Waals surface area (Å²) in [6.07, 6.45) is 0. The Morgan fingerprint density at radius 3 is 2.52 bits per heavy atom. The zero-order valence-electron chi connectivity index (χ0n) is 15.7. The summed E-state index contributed by atoms with van der Waals surface area (Å²) < 4.78 is 40.4. The van der Waals surface area contributed by atoms with Crippen LogP contribution >= 0.6 is 22.9 Å². The van der Waals surface area contributed by atoms with E-state index in [1.54, 1.807) is 11.3 Å². The van der Waals surface area contributed by atoms with E-state index in [9.17, 15) is 12.8 Å². The number of aromatic nitrogens is 1. The molecular formula is C20H19ClFN3O2S2. The second kappa shape index (κ2) is 8.02. The third-order valence-corrected chi connectivity index (χ3v) is 8.22. The highest BCUT2D eigenvalue weighted by atomic mass is 35.5. The number of nitrogens with zero attached hydrogens (tertiary/aromatic N) is 3. The van der Waals surface area contributed by atoms with Gasteiger partial charge >= 0.3 is 0 Å². The van der Waals surface area contributed by atoms with Crippen LogP contribution in [0, 0.1) is 12.7 Å². The number of hydrogen-bond donors (Lipinski definition) is 0. The Bertz CT molecular complexity index is 1140. The van der Waals surface area contributed by atoms with Gasteiger partial charge in [-0.2, -0.15) is 4.31 Å². The molecule has 0 N–H and O–H groups in total. The van der Waals surface area contributed by atoms with E-state index < -0.39 is 15.8 Å². The van der Waals surface area contributed by atoms with Crippen LogP contribution in [0.5, 0.6) is 0 Å². The van der Waals surface area contributed by atoms with Crippen molar-refractivity contribution in [3.63, 3.8) is 0 Å². The molecule has 5 nitrogen and oxygen atoms in total. The Labute approximate surface area is 178 Å². The lowest BCUT2D eigenvalue weighted by Gasteiger charge is -2.33. The first-order chi connectivity index (χ1) is 13.9. The first-order valence-electron chi connectivity index (χ1n) is 9.08. The summed E-state index contributed by atoms with van der Waals surface area (Å²) in [5, 5.41) is 2.80. The molecule has 2 heterocycles. The molecule has 1 fully saturated rings. The van der Waals surface area contributed by atoms with E-state index in [4.69, 9.17) is 16.6 Å². The summed E-state index contributed by atoms with van der Waals surface area (Å²) in [6, 6.07) is 11.4. The minimum atomic E-state index is -3.77. The monoisotopic (exact) mass is 451 g/mol. The summed E-state index contributed by atoms with van der Waals surface area (Å²) >= 11 is 7.52. The van der Waals surface area contributed by atoms with Gasteiger partial charge in [-0.15, -0.1) is 11.3 Å². The average molecular weight is 452 g/mol. The number of halogens is 2. The van der Waals surface area contributed by atoms with Crippen molar-refractivity contribution in [1.82, 2.24) is 9.29 Å². The molecule has 0 bridgehead atoms. The number of aryl methyl sites for hydroxylation is 1. The van der Waals surface area contributed by atoms with Gasteiger partial charge in [-0.25, -0.2) is 17.8 Å². The van der Waals surface area contributed by atoms with Crippen molar-refractivity contribution in [1.29, 1.82) is 0 Å². The smallest absolute Gasteiger partial charge is 0.244 e. The van der Waals surface area contributed by atoms with Gasteiger partial charge in [0.1, 0.15) is 10.7 Å². The molecule has 0 saturated carbocycles. The minimum absolute atomic E-state index is 0.0647. The topological polar surface area (TPSA) is 53.5 Å². The van der Waals surface area contributed by atoms with Crippen molar-refractivity contribution in [2.24, 2.45) is 0 Å². The number of piperazine rings is 1. The number of anilines is 1. The lowest BCUT2D eigenvalue weighted by atomic mass is 10.1. The van der Waals surface area contributed by atoms with Crippen molar-refractivity contribution >= 4 is 38.1 Å². The molecule has 1 aromatic heterocycles. The van der Waals surface area contributed by atoms with Gasteiger partial charge in [-0.1, -0.05) is 35.9 Å². The molecular weight excluding hydrogens is 433 g/mol. The summed E-state index contributed by atoms with van der Waals surface area (Å²) in [6.45, 7) is 3.74. The fourth-order valence-electron chi connectivity index (χ4n) is 3.34. The second-order valence-electron chi connectivity index (χ2n) is 6.80. The Balaban J connectivity index is 1.48. The van der Waals surface area contributed by atoms with E-state index in [1.165, 1.54) is 10.4 Å². The molecule has 29 heavy (non-hydrogen) atoms. The molecule has 0 unspecified atom stereocenters. The van der Waals surface area contributed by atoms with Crippen LogP contribution in [0.4, 0.5) is 9.52 Å². The van der Waals surface area contributed by atoms with Crippen molar-refractivity contribution in [2.45, 2.75) is 11.8 Å². The molecule has 0 atom stereocenters. The minimum Gasteiger partial charge on any atom is -0.345 e. The summed E-state index contributed by atoms with van der Waals surface area (Å²) in [5.74, 6) is -0.563. The highest BCUT2D eigenvalue weighted by molar-refractivity contribution is 7.89. The Hall–Kier alpha value is -2.00. The van der Waals surface area contributed by atoms with Gasteiger partial charge in [0.15, 0.2) is 5.13 Å². The molecule has 1 saturated heterocycles. The van der Waals surface area contributed by atoms with Crippen molar-refractivity contribution in [3.05, 3.63) is 64.2 Å². The molecule has 0 spiro atoms. The highest BCUT2D eigenvalue weighted by Crippen LogP contribution is 2.31. The summed E-state index contributed by atoms with van der Waals surface area (Å²) in [4.78, 5) is 6.77. The molecule has 1 aliphatic heterocycles. The maximum Gasteiger partial charge on any atom is 0.244 e. The molecule has 4 rings (SSSR count).